The fourth-order valence-electron chi connectivity index (χ4n) is 4.82. The lowest BCUT2D eigenvalue weighted by molar-refractivity contribution is -0.142. The second kappa shape index (κ2) is 12.1. The second-order valence-corrected chi connectivity index (χ2v) is 11.5. The minimum Gasteiger partial charge on any atom is -0.371 e. The summed E-state index contributed by atoms with van der Waals surface area (Å²) in [5, 5.41) is 3.87. The van der Waals surface area contributed by atoms with Gasteiger partial charge in [0.05, 0.1) is 17.5 Å². The number of piperazine rings is 1. The summed E-state index contributed by atoms with van der Waals surface area (Å²) in [5.74, 6) is -0.239. The summed E-state index contributed by atoms with van der Waals surface area (Å²) in [6, 6.07) is 14.2. The lowest BCUT2D eigenvalue weighted by Crippen LogP contribution is -2.63. The highest BCUT2D eigenvalue weighted by Gasteiger charge is 2.38. The van der Waals surface area contributed by atoms with E-state index < -0.39 is 10.0 Å². The second-order valence-electron chi connectivity index (χ2n) is 9.16. The number of hydrazine groups is 1. The van der Waals surface area contributed by atoms with Crippen LogP contribution < -0.4 is 10.3 Å². The predicted octanol–water partition coefficient (Wildman–Crippen LogP) is 4.13. The van der Waals surface area contributed by atoms with E-state index in [1.54, 1.807) is 53.8 Å². The number of anilines is 1. The number of nitrogens with one attached hydrogen (secondary N) is 1. The van der Waals surface area contributed by atoms with Crippen LogP contribution in [0, 0.1) is 0 Å². The Bertz CT molecular complexity index is 1340. The summed E-state index contributed by atoms with van der Waals surface area (Å²) in [6.07, 6.45) is 5.37. The van der Waals surface area contributed by atoms with Gasteiger partial charge in [0.15, 0.2) is 0 Å². The van der Waals surface area contributed by atoms with Crippen molar-refractivity contribution in [1.82, 2.24) is 19.7 Å². The third kappa shape index (κ3) is 6.30. The summed E-state index contributed by atoms with van der Waals surface area (Å²) < 4.78 is 28.0. The molecule has 2 fully saturated rings. The fraction of sp³-hybridized carbons (Fsp3) is 0.360. The van der Waals surface area contributed by atoms with E-state index in [-0.39, 0.29) is 60.8 Å². The molecule has 5 rings (SSSR count). The van der Waals surface area contributed by atoms with Gasteiger partial charge in [0.1, 0.15) is 0 Å². The number of hydrogen-bond acceptors (Lipinski definition) is 6. The number of aromatic nitrogens is 1. The van der Waals surface area contributed by atoms with Crippen molar-refractivity contribution in [3.05, 3.63) is 65.9 Å². The van der Waals surface area contributed by atoms with E-state index in [9.17, 15) is 13.2 Å². The van der Waals surface area contributed by atoms with Crippen molar-refractivity contribution in [3.8, 4) is 0 Å². The van der Waals surface area contributed by atoms with E-state index in [2.05, 4.69) is 15.3 Å². The smallest absolute Gasteiger partial charge is 0.252 e. The van der Waals surface area contributed by atoms with Gasteiger partial charge in [-0.3, -0.25) is 14.8 Å². The summed E-state index contributed by atoms with van der Waals surface area (Å²) in [4.78, 5) is 19.6. The topological polar surface area (TPSA) is 85.8 Å². The van der Waals surface area contributed by atoms with Gasteiger partial charge in [-0.1, -0.05) is 23.7 Å². The molecule has 0 bridgehead atoms. The number of hydrogen-bond donors (Lipinski definition) is 1. The van der Waals surface area contributed by atoms with Crippen molar-refractivity contribution in [2.45, 2.75) is 36.7 Å². The van der Waals surface area contributed by atoms with E-state index in [0.29, 0.717) is 5.02 Å². The number of benzene rings is 2. The minimum atomic E-state index is -3.81. The normalized spacial score (nSPS) is 19.4. The summed E-state index contributed by atoms with van der Waals surface area (Å²) in [5.41, 5.74) is 4.53. The third-order valence-electron chi connectivity index (χ3n) is 6.74. The van der Waals surface area contributed by atoms with Crippen LogP contribution >= 0.6 is 36.4 Å². The molecule has 12 heteroatoms. The van der Waals surface area contributed by atoms with Crippen LogP contribution in [0.1, 0.15) is 19.8 Å². The van der Waals surface area contributed by atoms with Gasteiger partial charge in [-0.2, -0.15) is 4.31 Å². The standard InChI is InChI=1S/C25H28ClN5O3S.2ClH/c1-18-16-30(35(33,34)24-5-3-19-14-21(26)4-2-20(19)15-24)17-25(32)31(18)28-22-8-12-29(13-9-22)23-6-10-27-11-7-23;;/h2-7,10-11,14-15,18,22,28H,8-9,12-13,16-17H2,1H3;2*1H. The Kier molecular flexibility index (Phi) is 9.66. The monoisotopic (exact) mass is 585 g/mol. The molecule has 3 heterocycles. The summed E-state index contributed by atoms with van der Waals surface area (Å²) in [7, 11) is -3.81. The highest BCUT2D eigenvalue weighted by molar-refractivity contribution is 7.89. The maximum Gasteiger partial charge on any atom is 0.252 e. The van der Waals surface area contributed by atoms with Crippen LogP contribution in [0.25, 0.3) is 10.8 Å². The maximum atomic E-state index is 13.4. The lowest BCUT2D eigenvalue weighted by Gasteiger charge is -2.42. The first kappa shape index (κ1) is 29.4. The van der Waals surface area contributed by atoms with Crippen LogP contribution in [0.3, 0.4) is 0 Å². The van der Waals surface area contributed by atoms with Crippen LogP contribution in [0.5, 0.6) is 0 Å². The van der Waals surface area contributed by atoms with Gasteiger partial charge in [-0.05, 0) is 66.9 Å². The molecule has 0 radical (unpaired) electrons. The SMILES string of the molecule is CC1CN(S(=O)(=O)c2ccc3cc(Cl)ccc3c2)CC(=O)N1NC1CCN(c2ccncc2)CC1.Cl.Cl. The van der Waals surface area contributed by atoms with Crippen molar-refractivity contribution in [2.75, 3.05) is 31.1 Å². The summed E-state index contributed by atoms with van der Waals surface area (Å²) >= 11 is 6.04. The molecule has 1 N–H and O–H groups in total. The van der Waals surface area contributed by atoms with Gasteiger partial charge in [-0.15, -0.1) is 24.8 Å². The lowest BCUT2D eigenvalue weighted by atomic mass is 10.0. The third-order valence-corrected chi connectivity index (χ3v) is 8.79. The zero-order valence-corrected chi connectivity index (χ0v) is 23.5. The molecule has 200 valence electrons. The number of amides is 1. The molecule has 2 aliphatic heterocycles. The van der Waals surface area contributed by atoms with Crippen LogP contribution in [-0.2, 0) is 14.8 Å². The minimum absolute atomic E-state index is 0. The molecule has 0 aliphatic carbocycles. The Balaban J connectivity index is 0.00000190. The largest absolute Gasteiger partial charge is 0.371 e. The van der Waals surface area contributed by atoms with Crippen molar-refractivity contribution in [1.29, 1.82) is 0 Å². The molecule has 0 saturated carbocycles. The average molecular weight is 587 g/mol. The maximum absolute atomic E-state index is 13.4. The molecule has 37 heavy (non-hydrogen) atoms. The molecule has 2 aliphatic rings. The highest BCUT2D eigenvalue weighted by atomic mass is 35.5. The number of carbonyl (C=O) groups is 1. The zero-order chi connectivity index (χ0) is 24.6. The fourth-order valence-corrected chi connectivity index (χ4v) is 6.51. The van der Waals surface area contributed by atoms with E-state index in [0.717, 1.165) is 42.4 Å². The van der Waals surface area contributed by atoms with Gasteiger partial charge in [0.2, 0.25) is 10.0 Å². The Morgan fingerprint density at radius 2 is 1.62 bits per heavy atom. The van der Waals surface area contributed by atoms with E-state index >= 15 is 0 Å². The highest BCUT2D eigenvalue weighted by Crippen LogP contribution is 2.26. The van der Waals surface area contributed by atoms with Gasteiger partial charge in [-0.25, -0.2) is 13.8 Å². The van der Waals surface area contributed by atoms with E-state index in [1.165, 1.54) is 4.31 Å². The molecule has 2 aromatic carbocycles. The van der Waals surface area contributed by atoms with Crippen LogP contribution in [0.15, 0.2) is 65.8 Å². The molecule has 1 unspecified atom stereocenters. The van der Waals surface area contributed by atoms with Gasteiger partial charge in [0.25, 0.3) is 5.91 Å². The number of fused-ring (bicyclic) bond motifs is 1. The first-order valence-electron chi connectivity index (χ1n) is 11.7. The first-order valence-corrected chi connectivity index (χ1v) is 13.6. The molecular weight excluding hydrogens is 557 g/mol. The number of rotatable bonds is 5. The molecule has 0 spiro atoms. The average Bonchev–Trinajstić information content (AvgIpc) is 2.86. The Morgan fingerprint density at radius 1 is 0.973 bits per heavy atom. The van der Waals surface area contributed by atoms with Gasteiger partial charge >= 0.3 is 0 Å². The Morgan fingerprint density at radius 3 is 2.30 bits per heavy atom. The van der Waals surface area contributed by atoms with Crippen molar-refractivity contribution in [2.24, 2.45) is 0 Å². The van der Waals surface area contributed by atoms with E-state index in [4.69, 9.17) is 11.6 Å². The molecular formula is C25H30Cl3N5O3S. The van der Waals surface area contributed by atoms with Crippen LogP contribution in [0.4, 0.5) is 5.69 Å². The Hall–Kier alpha value is -2.14. The van der Waals surface area contributed by atoms with Crippen molar-refractivity contribution < 1.29 is 13.2 Å². The molecule has 2 saturated heterocycles. The van der Waals surface area contributed by atoms with Gasteiger partial charge < -0.3 is 4.90 Å². The number of halogens is 3. The molecule has 1 aromatic heterocycles. The number of sulfonamides is 1. The number of pyridine rings is 1. The van der Waals surface area contributed by atoms with Gasteiger partial charge in [0, 0.05) is 48.8 Å². The van der Waals surface area contributed by atoms with Crippen molar-refractivity contribution in [3.63, 3.8) is 0 Å². The predicted molar refractivity (Wildman–Crippen MR) is 151 cm³/mol. The molecule has 1 amide bonds. The number of piperidine rings is 1. The summed E-state index contributed by atoms with van der Waals surface area (Å²) in [6.45, 7) is 3.68. The van der Waals surface area contributed by atoms with Crippen LogP contribution in [0.2, 0.25) is 5.02 Å². The molecule has 8 nitrogen and oxygen atoms in total. The van der Waals surface area contributed by atoms with Crippen LogP contribution in [-0.4, -0.2) is 66.9 Å². The van der Waals surface area contributed by atoms with Crippen molar-refractivity contribution >= 4 is 68.8 Å². The molecule has 3 aromatic rings. The quantitative estimate of drug-likeness (QED) is 0.484. The zero-order valence-electron chi connectivity index (χ0n) is 20.3. The van der Waals surface area contributed by atoms with E-state index in [1.807, 2.05) is 19.1 Å². The number of carbonyl (C=O) groups excluding carboxylic acids is 1. The molecule has 1 atom stereocenters. The first-order chi connectivity index (χ1) is 16.8. The number of nitrogens with zero attached hydrogens (tertiary/aromatic N) is 4. The Labute approximate surface area is 234 Å².